The molecule has 0 spiro atoms. The molecule has 0 bridgehead atoms. The SMILES string of the molecule is CCCCCS(=O)CC(N)C1CCOC1. The van der Waals surface area contributed by atoms with E-state index in [-0.39, 0.29) is 6.04 Å². The summed E-state index contributed by atoms with van der Waals surface area (Å²) < 4.78 is 17.0. The average Bonchev–Trinajstić information content (AvgIpc) is 2.70. The first-order valence-electron chi connectivity index (χ1n) is 5.92. The summed E-state index contributed by atoms with van der Waals surface area (Å²) in [6, 6.07) is 0.0648. The van der Waals surface area contributed by atoms with Gasteiger partial charge in [0.1, 0.15) is 0 Å². The molecule has 1 aliphatic heterocycles. The lowest BCUT2D eigenvalue weighted by Gasteiger charge is -2.16. The second-order valence-electron chi connectivity index (χ2n) is 4.31. The predicted molar refractivity (Wildman–Crippen MR) is 64.3 cm³/mol. The Morgan fingerprint density at radius 1 is 1.53 bits per heavy atom. The first-order chi connectivity index (χ1) is 7.24. The van der Waals surface area contributed by atoms with E-state index in [1.54, 1.807) is 0 Å². The second kappa shape index (κ2) is 7.36. The predicted octanol–water partition coefficient (Wildman–Crippen LogP) is 1.29. The summed E-state index contributed by atoms with van der Waals surface area (Å²) in [7, 11) is -0.728. The lowest BCUT2D eigenvalue weighted by Crippen LogP contribution is -2.36. The van der Waals surface area contributed by atoms with Crippen LogP contribution in [0.15, 0.2) is 0 Å². The standard InChI is InChI=1S/C11H23NO2S/c1-2-3-4-7-15(13)9-11(12)10-5-6-14-8-10/h10-11H,2-9,12H2,1H3. The molecule has 0 amide bonds. The van der Waals surface area contributed by atoms with Crippen LogP contribution in [0.5, 0.6) is 0 Å². The summed E-state index contributed by atoms with van der Waals surface area (Å²) in [6.07, 6.45) is 4.46. The van der Waals surface area contributed by atoms with Gasteiger partial charge in [-0.25, -0.2) is 0 Å². The maximum Gasteiger partial charge on any atom is 0.0510 e. The highest BCUT2D eigenvalue weighted by Crippen LogP contribution is 2.16. The van der Waals surface area contributed by atoms with Crippen molar-refractivity contribution in [2.75, 3.05) is 24.7 Å². The van der Waals surface area contributed by atoms with Crippen molar-refractivity contribution >= 4 is 10.8 Å². The maximum absolute atomic E-state index is 11.7. The van der Waals surface area contributed by atoms with Gasteiger partial charge in [0, 0.05) is 40.9 Å². The fourth-order valence-electron chi connectivity index (χ4n) is 1.84. The number of unbranched alkanes of at least 4 members (excludes halogenated alkanes) is 2. The van der Waals surface area contributed by atoms with Crippen LogP contribution < -0.4 is 5.73 Å². The van der Waals surface area contributed by atoms with Gasteiger partial charge < -0.3 is 10.5 Å². The van der Waals surface area contributed by atoms with E-state index in [0.29, 0.717) is 11.7 Å². The first kappa shape index (κ1) is 13.1. The van der Waals surface area contributed by atoms with Crippen molar-refractivity contribution in [2.24, 2.45) is 11.7 Å². The van der Waals surface area contributed by atoms with Crippen LogP contribution >= 0.6 is 0 Å². The smallest absolute Gasteiger partial charge is 0.0510 e. The lowest BCUT2D eigenvalue weighted by atomic mass is 10.0. The Hall–Kier alpha value is 0.0700. The van der Waals surface area contributed by atoms with Crippen LogP contribution in [0.25, 0.3) is 0 Å². The van der Waals surface area contributed by atoms with E-state index in [0.717, 1.165) is 31.8 Å². The summed E-state index contributed by atoms with van der Waals surface area (Å²) in [5.74, 6) is 1.90. The van der Waals surface area contributed by atoms with Crippen LogP contribution in [0.1, 0.15) is 32.6 Å². The Kier molecular flexibility index (Phi) is 6.45. The Morgan fingerprint density at radius 3 is 2.93 bits per heavy atom. The average molecular weight is 233 g/mol. The van der Waals surface area contributed by atoms with Gasteiger partial charge in [-0.15, -0.1) is 0 Å². The second-order valence-corrected chi connectivity index (χ2v) is 5.93. The summed E-state index contributed by atoms with van der Waals surface area (Å²) in [6.45, 7) is 3.73. The van der Waals surface area contributed by atoms with E-state index < -0.39 is 10.8 Å². The third-order valence-corrected chi connectivity index (χ3v) is 4.43. The summed E-state index contributed by atoms with van der Waals surface area (Å²) in [5, 5.41) is 0. The van der Waals surface area contributed by atoms with Crippen molar-refractivity contribution in [2.45, 2.75) is 38.6 Å². The molecular formula is C11H23NO2S. The molecule has 4 heteroatoms. The van der Waals surface area contributed by atoms with Gasteiger partial charge in [0.05, 0.1) is 6.61 Å². The van der Waals surface area contributed by atoms with E-state index in [9.17, 15) is 4.21 Å². The molecule has 1 saturated heterocycles. The van der Waals surface area contributed by atoms with E-state index in [4.69, 9.17) is 10.5 Å². The molecule has 0 aromatic rings. The van der Waals surface area contributed by atoms with Crippen LogP contribution in [0, 0.1) is 5.92 Å². The molecule has 15 heavy (non-hydrogen) atoms. The van der Waals surface area contributed by atoms with Gasteiger partial charge in [0.2, 0.25) is 0 Å². The lowest BCUT2D eigenvalue weighted by molar-refractivity contribution is 0.182. The minimum absolute atomic E-state index is 0.0648. The maximum atomic E-state index is 11.7. The molecule has 3 nitrogen and oxygen atoms in total. The Labute approximate surface area is 95.2 Å². The molecule has 0 radical (unpaired) electrons. The van der Waals surface area contributed by atoms with E-state index in [2.05, 4.69) is 6.92 Å². The van der Waals surface area contributed by atoms with Crippen LogP contribution in [0.2, 0.25) is 0 Å². The van der Waals surface area contributed by atoms with Crippen molar-refractivity contribution < 1.29 is 8.95 Å². The Balaban J connectivity index is 2.13. The van der Waals surface area contributed by atoms with Gasteiger partial charge in [0.15, 0.2) is 0 Å². The molecule has 1 rings (SSSR count). The first-order valence-corrected chi connectivity index (χ1v) is 7.41. The number of ether oxygens (including phenoxy) is 1. The molecule has 0 aromatic carbocycles. The van der Waals surface area contributed by atoms with Crippen molar-refractivity contribution in [1.29, 1.82) is 0 Å². The van der Waals surface area contributed by atoms with E-state index in [1.807, 2.05) is 0 Å². The van der Waals surface area contributed by atoms with E-state index in [1.165, 1.54) is 12.8 Å². The molecular weight excluding hydrogens is 210 g/mol. The van der Waals surface area contributed by atoms with Crippen LogP contribution in [0.3, 0.4) is 0 Å². The molecule has 3 atom stereocenters. The van der Waals surface area contributed by atoms with Gasteiger partial charge in [-0.2, -0.15) is 0 Å². The van der Waals surface area contributed by atoms with Crippen LogP contribution in [-0.4, -0.2) is 35.0 Å². The van der Waals surface area contributed by atoms with Crippen molar-refractivity contribution in [1.82, 2.24) is 0 Å². The Morgan fingerprint density at radius 2 is 2.33 bits per heavy atom. The van der Waals surface area contributed by atoms with Gasteiger partial charge >= 0.3 is 0 Å². The zero-order valence-electron chi connectivity index (χ0n) is 9.61. The fourth-order valence-corrected chi connectivity index (χ4v) is 3.23. The minimum Gasteiger partial charge on any atom is -0.381 e. The molecule has 2 N–H and O–H groups in total. The topological polar surface area (TPSA) is 52.3 Å². The van der Waals surface area contributed by atoms with Crippen molar-refractivity contribution in [3.05, 3.63) is 0 Å². The third kappa shape index (κ3) is 5.09. The zero-order valence-corrected chi connectivity index (χ0v) is 10.4. The molecule has 3 unspecified atom stereocenters. The molecule has 0 aromatic heterocycles. The highest BCUT2D eigenvalue weighted by atomic mass is 32.2. The normalized spacial score (nSPS) is 25.3. The van der Waals surface area contributed by atoms with Gasteiger partial charge in [-0.05, 0) is 12.8 Å². The summed E-state index contributed by atoms with van der Waals surface area (Å²) in [4.78, 5) is 0. The largest absolute Gasteiger partial charge is 0.381 e. The van der Waals surface area contributed by atoms with Gasteiger partial charge in [-0.1, -0.05) is 19.8 Å². The highest BCUT2D eigenvalue weighted by Gasteiger charge is 2.23. The molecule has 1 fully saturated rings. The molecule has 0 aliphatic carbocycles. The van der Waals surface area contributed by atoms with Crippen LogP contribution in [0.4, 0.5) is 0 Å². The van der Waals surface area contributed by atoms with Gasteiger partial charge in [0.25, 0.3) is 0 Å². The van der Waals surface area contributed by atoms with Crippen molar-refractivity contribution in [3.8, 4) is 0 Å². The molecule has 1 heterocycles. The third-order valence-electron chi connectivity index (χ3n) is 2.92. The quantitative estimate of drug-likeness (QED) is 0.674. The number of nitrogens with two attached hydrogens (primary N) is 1. The Bertz CT molecular complexity index is 193. The zero-order chi connectivity index (χ0) is 11.1. The molecule has 1 aliphatic rings. The number of rotatable bonds is 7. The molecule has 0 saturated carbocycles. The number of hydrogen-bond donors (Lipinski definition) is 1. The highest BCUT2D eigenvalue weighted by molar-refractivity contribution is 7.85. The summed E-state index contributed by atoms with van der Waals surface area (Å²) >= 11 is 0. The fraction of sp³-hybridized carbons (Fsp3) is 1.00. The summed E-state index contributed by atoms with van der Waals surface area (Å²) in [5.41, 5.74) is 6.01. The van der Waals surface area contributed by atoms with Crippen LogP contribution in [-0.2, 0) is 15.5 Å². The van der Waals surface area contributed by atoms with E-state index >= 15 is 0 Å². The minimum atomic E-state index is -0.728. The van der Waals surface area contributed by atoms with Gasteiger partial charge in [-0.3, -0.25) is 4.21 Å². The van der Waals surface area contributed by atoms with Crippen molar-refractivity contribution in [3.63, 3.8) is 0 Å². The monoisotopic (exact) mass is 233 g/mol. The number of hydrogen-bond acceptors (Lipinski definition) is 3. The molecule has 90 valence electrons.